The molecule has 0 aromatic heterocycles. The van der Waals surface area contributed by atoms with Crippen LogP contribution in [-0.4, -0.2) is 21.6 Å². The SMILES string of the molecule is Cc1c(CC(=O)O)cc2ccc(F)cc2c1-c1ccc(S(=O)Nc2ccc(OC(F)(F)F)cc2)cc1. The first kappa shape index (κ1) is 25.2. The molecule has 5 nitrogen and oxygen atoms in total. The highest BCUT2D eigenvalue weighted by Crippen LogP contribution is 2.35. The smallest absolute Gasteiger partial charge is 0.481 e. The summed E-state index contributed by atoms with van der Waals surface area (Å²) < 4.78 is 70.2. The first-order valence-electron chi connectivity index (χ1n) is 10.6. The Hall–Kier alpha value is -3.92. The van der Waals surface area contributed by atoms with E-state index >= 15 is 0 Å². The topological polar surface area (TPSA) is 75.6 Å². The Kier molecular flexibility index (Phi) is 6.98. The molecule has 4 aromatic carbocycles. The van der Waals surface area contributed by atoms with Crippen LogP contribution in [0.5, 0.6) is 5.75 Å². The van der Waals surface area contributed by atoms with Crippen LogP contribution in [0.25, 0.3) is 21.9 Å². The van der Waals surface area contributed by atoms with Crippen molar-refractivity contribution in [3.63, 3.8) is 0 Å². The molecular formula is C26H19F4NO4S. The molecule has 0 aliphatic rings. The number of carboxylic acids is 1. The van der Waals surface area contributed by atoms with Gasteiger partial charge in [-0.25, -0.2) is 8.60 Å². The van der Waals surface area contributed by atoms with E-state index in [1.807, 2.05) is 0 Å². The van der Waals surface area contributed by atoms with E-state index in [2.05, 4.69) is 9.46 Å². The van der Waals surface area contributed by atoms with E-state index in [0.717, 1.165) is 12.1 Å². The monoisotopic (exact) mass is 517 g/mol. The third-order valence-corrected chi connectivity index (χ3v) is 6.59. The van der Waals surface area contributed by atoms with E-state index in [4.69, 9.17) is 0 Å². The summed E-state index contributed by atoms with van der Waals surface area (Å²) in [7, 11) is -1.72. The first-order valence-corrected chi connectivity index (χ1v) is 11.7. The number of hydrogen-bond donors (Lipinski definition) is 2. The van der Waals surface area contributed by atoms with Crippen molar-refractivity contribution in [2.75, 3.05) is 4.72 Å². The molecule has 0 saturated carbocycles. The van der Waals surface area contributed by atoms with Crippen molar-refractivity contribution in [3.05, 3.63) is 89.7 Å². The molecule has 0 bridgehead atoms. The van der Waals surface area contributed by atoms with E-state index < -0.39 is 34.9 Å². The molecule has 0 spiro atoms. The van der Waals surface area contributed by atoms with E-state index in [1.165, 1.54) is 24.3 Å². The summed E-state index contributed by atoms with van der Waals surface area (Å²) in [6.45, 7) is 1.78. The minimum Gasteiger partial charge on any atom is -0.481 e. The van der Waals surface area contributed by atoms with Crippen LogP contribution in [-0.2, 0) is 22.2 Å². The number of hydrogen-bond acceptors (Lipinski definition) is 3. The van der Waals surface area contributed by atoms with Gasteiger partial charge < -0.3 is 14.6 Å². The maximum absolute atomic E-state index is 14.1. The average Bonchev–Trinajstić information content (AvgIpc) is 2.80. The molecule has 186 valence electrons. The Balaban J connectivity index is 1.61. The maximum Gasteiger partial charge on any atom is 0.573 e. The molecule has 0 aliphatic carbocycles. The number of carbonyl (C=O) groups is 1. The third-order valence-electron chi connectivity index (χ3n) is 5.47. The second kappa shape index (κ2) is 9.98. The number of benzene rings is 4. The fourth-order valence-corrected chi connectivity index (χ4v) is 4.74. The summed E-state index contributed by atoms with van der Waals surface area (Å²) in [6, 6.07) is 17.5. The summed E-state index contributed by atoms with van der Waals surface area (Å²) in [5.41, 5.74) is 2.98. The van der Waals surface area contributed by atoms with Gasteiger partial charge >= 0.3 is 12.3 Å². The van der Waals surface area contributed by atoms with Gasteiger partial charge in [0.2, 0.25) is 0 Å². The zero-order chi connectivity index (χ0) is 26.0. The van der Waals surface area contributed by atoms with Gasteiger partial charge in [-0.2, -0.15) is 0 Å². The quantitative estimate of drug-likeness (QED) is 0.271. The normalized spacial score (nSPS) is 12.4. The Morgan fingerprint density at radius 1 is 1.00 bits per heavy atom. The number of ether oxygens (including phenoxy) is 1. The molecule has 0 radical (unpaired) electrons. The molecule has 0 saturated heterocycles. The molecule has 2 N–H and O–H groups in total. The molecule has 0 aliphatic heterocycles. The highest BCUT2D eigenvalue weighted by atomic mass is 32.2. The minimum absolute atomic E-state index is 0.190. The predicted octanol–water partition coefficient (Wildman–Crippen LogP) is 6.61. The summed E-state index contributed by atoms with van der Waals surface area (Å²) in [4.78, 5) is 11.7. The molecule has 36 heavy (non-hydrogen) atoms. The lowest BCUT2D eigenvalue weighted by molar-refractivity contribution is -0.274. The zero-order valence-corrected chi connectivity index (χ0v) is 19.5. The van der Waals surface area contributed by atoms with Crippen molar-refractivity contribution in [2.45, 2.75) is 24.6 Å². The van der Waals surface area contributed by atoms with Crippen molar-refractivity contribution >= 4 is 33.4 Å². The number of halogens is 4. The van der Waals surface area contributed by atoms with E-state index in [-0.39, 0.29) is 6.42 Å². The molecule has 4 aromatic rings. The molecule has 4 rings (SSSR count). The third kappa shape index (κ3) is 5.83. The molecule has 0 fully saturated rings. The second-order valence-electron chi connectivity index (χ2n) is 7.94. The van der Waals surface area contributed by atoms with Crippen LogP contribution < -0.4 is 9.46 Å². The van der Waals surface area contributed by atoms with Gasteiger partial charge in [-0.15, -0.1) is 13.2 Å². The average molecular weight is 518 g/mol. The number of carboxylic acid groups (broad SMARTS) is 1. The lowest BCUT2D eigenvalue weighted by Gasteiger charge is -2.16. The predicted molar refractivity (Wildman–Crippen MR) is 129 cm³/mol. The molecule has 1 atom stereocenters. The van der Waals surface area contributed by atoms with Gasteiger partial charge in [0, 0.05) is 5.69 Å². The van der Waals surface area contributed by atoms with Gasteiger partial charge in [-0.1, -0.05) is 24.3 Å². The number of fused-ring (bicyclic) bond motifs is 1. The molecular weight excluding hydrogens is 498 g/mol. The van der Waals surface area contributed by atoms with E-state index in [0.29, 0.717) is 43.6 Å². The van der Waals surface area contributed by atoms with Crippen molar-refractivity contribution in [1.82, 2.24) is 0 Å². The number of aliphatic carboxylic acids is 1. The van der Waals surface area contributed by atoms with Crippen LogP contribution in [0.1, 0.15) is 11.1 Å². The van der Waals surface area contributed by atoms with Crippen molar-refractivity contribution in [2.24, 2.45) is 0 Å². The molecule has 10 heteroatoms. The second-order valence-corrected chi connectivity index (χ2v) is 9.15. The fraction of sp³-hybridized carbons (Fsp3) is 0.115. The van der Waals surface area contributed by atoms with Gasteiger partial charge in [-0.05, 0) is 88.5 Å². The Bertz CT molecular complexity index is 1450. The van der Waals surface area contributed by atoms with Gasteiger partial charge in [-0.3, -0.25) is 4.79 Å². The fourth-order valence-electron chi connectivity index (χ4n) is 3.88. The number of nitrogens with one attached hydrogen (secondary N) is 1. The maximum atomic E-state index is 14.1. The molecule has 1 unspecified atom stereocenters. The van der Waals surface area contributed by atoms with Crippen molar-refractivity contribution < 1.29 is 36.4 Å². The molecule has 0 heterocycles. The number of alkyl halides is 3. The van der Waals surface area contributed by atoms with Crippen LogP contribution in [0, 0.1) is 12.7 Å². The number of rotatable bonds is 7. The lowest BCUT2D eigenvalue weighted by atomic mass is 9.89. The van der Waals surface area contributed by atoms with Crippen molar-refractivity contribution in [3.8, 4) is 16.9 Å². The van der Waals surface area contributed by atoms with E-state index in [9.17, 15) is 31.7 Å². The summed E-state index contributed by atoms with van der Waals surface area (Å²) in [5.74, 6) is -1.81. The Labute approximate surface area is 205 Å². The Morgan fingerprint density at radius 3 is 2.28 bits per heavy atom. The largest absolute Gasteiger partial charge is 0.573 e. The van der Waals surface area contributed by atoms with Crippen LogP contribution in [0.2, 0.25) is 0 Å². The highest BCUT2D eigenvalue weighted by Gasteiger charge is 2.31. The van der Waals surface area contributed by atoms with Crippen LogP contribution in [0.15, 0.2) is 77.7 Å². The van der Waals surface area contributed by atoms with Gasteiger partial charge in [0.25, 0.3) is 0 Å². The first-order chi connectivity index (χ1) is 17.0. The lowest BCUT2D eigenvalue weighted by Crippen LogP contribution is -2.17. The minimum atomic E-state index is -4.80. The summed E-state index contributed by atoms with van der Waals surface area (Å²) >= 11 is 0. The summed E-state index contributed by atoms with van der Waals surface area (Å²) in [6.07, 6.45) is -4.99. The van der Waals surface area contributed by atoms with Crippen LogP contribution >= 0.6 is 0 Å². The molecule has 0 amide bonds. The highest BCUT2D eigenvalue weighted by molar-refractivity contribution is 7.86. The van der Waals surface area contributed by atoms with Crippen LogP contribution in [0.4, 0.5) is 23.2 Å². The summed E-state index contributed by atoms with van der Waals surface area (Å²) in [5, 5.41) is 10.6. The Morgan fingerprint density at radius 2 is 1.67 bits per heavy atom. The van der Waals surface area contributed by atoms with Crippen molar-refractivity contribution in [1.29, 1.82) is 0 Å². The number of anilines is 1. The van der Waals surface area contributed by atoms with Gasteiger partial charge in [0.15, 0.2) is 0 Å². The van der Waals surface area contributed by atoms with Gasteiger partial charge in [0.1, 0.15) is 22.6 Å². The van der Waals surface area contributed by atoms with E-state index in [1.54, 1.807) is 43.3 Å². The van der Waals surface area contributed by atoms with Crippen LogP contribution in [0.3, 0.4) is 0 Å². The standard InChI is InChI=1S/C26H19F4NO4S/c1-15-18(13-24(32)33)12-17-2-5-19(27)14-23(17)25(15)16-3-10-22(11-4-16)36(34)31-20-6-8-21(9-7-20)35-26(28,29)30/h2-12,14,31H,13H2,1H3,(H,32,33). The van der Waals surface area contributed by atoms with Gasteiger partial charge in [0.05, 0.1) is 11.3 Å². The zero-order valence-electron chi connectivity index (χ0n) is 18.7.